The first-order valence-electron chi connectivity index (χ1n) is 7.63. The van der Waals surface area contributed by atoms with E-state index in [0.717, 1.165) is 0 Å². The number of hydrogen-bond acceptors (Lipinski definition) is 7. The first-order chi connectivity index (χ1) is 12.3. The Kier molecular flexibility index (Phi) is 5.26. The number of carbonyl (C=O) groups excluding carboxylic acids is 1. The number of nitrogens with one attached hydrogen (secondary N) is 1. The molecular weight excluding hydrogens is 384 g/mol. The van der Waals surface area contributed by atoms with Crippen molar-refractivity contribution in [2.75, 3.05) is 6.61 Å². The predicted octanol–water partition coefficient (Wildman–Crippen LogP) is 0.486. The Balaban J connectivity index is 1.99. The molecule has 2 aromatic rings. The number of H-pyrrole nitrogens is 1. The fourth-order valence-corrected chi connectivity index (χ4v) is 3.12. The van der Waals surface area contributed by atoms with Crippen molar-refractivity contribution in [3.63, 3.8) is 0 Å². The summed E-state index contributed by atoms with van der Waals surface area (Å²) in [7, 11) is 0. The van der Waals surface area contributed by atoms with Crippen molar-refractivity contribution in [2.45, 2.75) is 24.7 Å². The molecule has 1 aliphatic rings. The molecule has 0 aliphatic carbocycles. The minimum Gasteiger partial charge on any atom is -0.494 e. The number of aromatic amines is 1. The molecule has 1 aliphatic heterocycles. The van der Waals surface area contributed by atoms with Gasteiger partial charge in [-0.25, -0.2) is 0 Å². The van der Waals surface area contributed by atoms with Gasteiger partial charge in [0, 0.05) is 11.4 Å². The number of hydrogen-bond donors (Lipinski definition) is 4. The molecular formula is C16H15ClN2O6S. The predicted molar refractivity (Wildman–Crippen MR) is 94.4 cm³/mol. The minimum absolute atomic E-state index is 0.0569. The van der Waals surface area contributed by atoms with Crippen molar-refractivity contribution in [3.8, 4) is 11.6 Å². The van der Waals surface area contributed by atoms with Crippen molar-refractivity contribution >= 4 is 29.6 Å². The third-order valence-corrected chi connectivity index (χ3v) is 4.62. The molecule has 138 valence electrons. The maximum Gasteiger partial charge on any atom is 0.259 e. The number of ketones is 1. The van der Waals surface area contributed by atoms with Crippen LogP contribution < -0.4 is 5.56 Å². The van der Waals surface area contributed by atoms with Crippen molar-refractivity contribution in [1.82, 2.24) is 9.55 Å². The lowest BCUT2D eigenvalue weighted by atomic mass is 10.0. The third kappa shape index (κ3) is 3.44. The van der Waals surface area contributed by atoms with Gasteiger partial charge in [0.05, 0.1) is 17.9 Å². The summed E-state index contributed by atoms with van der Waals surface area (Å²) in [6, 6.07) is 6.33. The van der Waals surface area contributed by atoms with E-state index in [-0.39, 0.29) is 16.9 Å². The smallest absolute Gasteiger partial charge is 0.259 e. The van der Waals surface area contributed by atoms with Crippen LogP contribution in [0, 0.1) is 4.77 Å². The van der Waals surface area contributed by atoms with Crippen molar-refractivity contribution in [2.24, 2.45) is 0 Å². The summed E-state index contributed by atoms with van der Waals surface area (Å²) in [5, 5.41) is 30.2. The summed E-state index contributed by atoms with van der Waals surface area (Å²) < 4.78 is 6.19. The van der Waals surface area contributed by atoms with Crippen LogP contribution in [0.25, 0.3) is 5.69 Å². The maximum atomic E-state index is 12.3. The molecule has 1 fully saturated rings. The van der Waals surface area contributed by atoms with Crippen LogP contribution in [0.1, 0.15) is 5.56 Å². The zero-order valence-corrected chi connectivity index (χ0v) is 14.8. The average Bonchev–Trinajstić information content (AvgIpc) is 2.92. The molecule has 26 heavy (non-hydrogen) atoms. The summed E-state index contributed by atoms with van der Waals surface area (Å²) in [5.41, 5.74) is -0.510. The number of ether oxygens (including phenoxy) is 1. The molecule has 1 aromatic heterocycles. The van der Waals surface area contributed by atoms with Crippen LogP contribution in [-0.4, -0.2) is 55.6 Å². The molecule has 3 rings (SSSR count). The lowest BCUT2D eigenvalue weighted by molar-refractivity contribution is -0.131. The van der Waals surface area contributed by atoms with Gasteiger partial charge in [-0.3, -0.25) is 19.1 Å². The standard InChI is InChI=1S/C16H15ClN2O6S/c17-7-1-3-8(4-2-7)19-15(24)9(14(23)18-16(19)26)5-10(20)13-12(22)11(21)6-25-13/h1-4,11-13,21-22,24H,5-6H2,(H,18,23,26)/t11-,12+,13-/m1/s1. The van der Waals surface area contributed by atoms with Gasteiger partial charge in [0.25, 0.3) is 5.56 Å². The fourth-order valence-electron chi connectivity index (χ4n) is 2.71. The van der Waals surface area contributed by atoms with E-state index in [1.165, 1.54) is 4.57 Å². The number of aromatic hydroxyl groups is 1. The molecule has 0 amide bonds. The first-order valence-corrected chi connectivity index (χ1v) is 8.41. The Morgan fingerprint density at radius 3 is 2.58 bits per heavy atom. The number of aliphatic hydroxyl groups excluding tert-OH is 2. The number of halogens is 1. The number of carbonyl (C=O) groups is 1. The quantitative estimate of drug-likeness (QED) is 0.552. The summed E-state index contributed by atoms with van der Waals surface area (Å²) in [6.07, 6.45) is -4.33. The minimum atomic E-state index is -1.38. The van der Waals surface area contributed by atoms with Crippen LogP contribution in [0.4, 0.5) is 0 Å². The van der Waals surface area contributed by atoms with E-state index in [9.17, 15) is 24.9 Å². The van der Waals surface area contributed by atoms with Crippen LogP contribution in [0.2, 0.25) is 5.02 Å². The summed E-state index contributed by atoms with van der Waals surface area (Å²) in [6.45, 7) is -0.185. The van der Waals surface area contributed by atoms with Crippen LogP contribution in [-0.2, 0) is 16.0 Å². The number of benzene rings is 1. The molecule has 1 saturated heterocycles. The number of aromatic nitrogens is 2. The SMILES string of the molecule is O=C(Cc1c(O)n(-c2ccc(Cl)cc2)c(=S)[nH]c1=O)[C@H]1OC[C@@H](O)[C@@H]1O. The Morgan fingerprint density at radius 2 is 2.00 bits per heavy atom. The second kappa shape index (κ2) is 7.29. The molecule has 0 spiro atoms. The van der Waals surface area contributed by atoms with Gasteiger partial charge in [0.15, 0.2) is 10.6 Å². The van der Waals surface area contributed by atoms with Gasteiger partial charge in [0.1, 0.15) is 18.3 Å². The molecule has 0 saturated carbocycles. The van der Waals surface area contributed by atoms with Gasteiger partial charge >= 0.3 is 0 Å². The molecule has 0 unspecified atom stereocenters. The molecule has 3 atom stereocenters. The average molecular weight is 399 g/mol. The Morgan fingerprint density at radius 1 is 1.35 bits per heavy atom. The highest BCUT2D eigenvalue weighted by molar-refractivity contribution is 7.71. The van der Waals surface area contributed by atoms with Crippen molar-refractivity contribution < 1.29 is 24.9 Å². The molecule has 4 N–H and O–H groups in total. The van der Waals surface area contributed by atoms with Gasteiger partial charge in [-0.05, 0) is 36.5 Å². The zero-order valence-electron chi connectivity index (χ0n) is 13.3. The third-order valence-electron chi connectivity index (χ3n) is 4.08. The van der Waals surface area contributed by atoms with Gasteiger partial charge in [-0.15, -0.1) is 0 Å². The highest BCUT2D eigenvalue weighted by atomic mass is 35.5. The Labute approximate surface area is 157 Å². The van der Waals surface area contributed by atoms with Crippen LogP contribution >= 0.6 is 23.8 Å². The number of nitrogens with zero attached hydrogens (tertiary/aromatic N) is 1. The normalized spacial score (nSPS) is 22.5. The van der Waals surface area contributed by atoms with Crippen molar-refractivity contribution in [3.05, 3.63) is 50.0 Å². The zero-order chi connectivity index (χ0) is 19.0. The maximum absolute atomic E-state index is 12.3. The van der Waals surface area contributed by atoms with Crippen molar-refractivity contribution in [1.29, 1.82) is 0 Å². The first kappa shape index (κ1) is 18.7. The topological polar surface area (TPSA) is 125 Å². The second-order valence-corrected chi connectivity index (χ2v) is 6.65. The lowest BCUT2D eigenvalue weighted by Gasteiger charge is -2.15. The molecule has 1 aromatic carbocycles. The van der Waals surface area contributed by atoms with Crippen LogP contribution in [0.15, 0.2) is 29.1 Å². The number of aliphatic hydroxyl groups is 2. The molecule has 8 nitrogen and oxygen atoms in total. The molecule has 2 heterocycles. The van der Waals surface area contributed by atoms with E-state index >= 15 is 0 Å². The number of Topliss-reactive ketones (excluding diaryl/α,β-unsaturated/α-hetero) is 1. The fraction of sp³-hybridized carbons (Fsp3) is 0.312. The van der Waals surface area contributed by atoms with E-state index < -0.39 is 42.0 Å². The summed E-state index contributed by atoms with van der Waals surface area (Å²) in [4.78, 5) is 26.9. The van der Waals surface area contributed by atoms with E-state index in [1.807, 2.05) is 0 Å². The van der Waals surface area contributed by atoms with Gasteiger partial charge in [-0.2, -0.15) is 0 Å². The molecule has 0 bridgehead atoms. The summed E-state index contributed by atoms with van der Waals surface area (Å²) in [5.74, 6) is -1.14. The monoisotopic (exact) mass is 398 g/mol. The Bertz CT molecular complexity index is 955. The summed E-state index contributed by atoms with van der Waals surface area (Å²) >= 11 is 10.9. The van der Waals surface area contributed by atoms with Crippen LogP contribution in [0.3, 0.4) is 0 Å². The highest BCUT2D eigenvalue weighted by Crippen LogP contribution is 2.23. The van der Waals surface area contributed by atoms with Gasteiger partial charge in [0.2, 0.25) is 5.88 Å². The van der Waals surface area contributed by atoms with Gasteiger partial charge in [-0.1, -0.05) is 11.6 Å². The van der Waals surface area contributed by atoms with Crippen LogP contribution in [0.5, 0.6) is 5.88 Å². The second-order valence-electron chi connectivity index (χ2n) is 5.83. The number of rotatable bonds is 4. The van der Waals surface area contributed by atoms with E-state index in [1.54, 1.807) is 24.3 Å². The van der Waals surface area contributed by atoms with E-state index in [2.05, 4.69) is 4.98 Å². The lowest BCUT2D eigenvalue weighted by Crippen LogP contribution is -2.37. The molecule has 0 radical (unpaired) electrons. The Hall–Kier alpha value is -2.04. The van der Waals surface area contributed by atoms with E-state index in [0.29, 0.717) is 10.7 Å². The highest BCUT2D eigenvalue weighted by Gasteiger charge is 2.39. The largest absolute Gasteiger partial charge is 0.494 e. The van der Waals surface area contributed by atoms with Gasteiger partial charge < -0.3 is 20.1 Å². The molecule has 10 heteroatoms. The van der Waals surface area contributed by atoms with E-state index in [4.69, 9.17) is 28.6 Å².